The fourth-order valence-electron chi connectivity index (χ4n) is 4.34. The van der Waals surface area contributed by atoms with Crippen molar-refractivity contribution in [1.82, 2.24) is 9.88 Å². The lowest BCUT2D eigenvalue weighted by atomic mass is 10.0. The quantitative estimate of drug-likeness (QED) is 0.267. The van der Waals surface area contributed by atoms with Gasteiger partial charge in [-0.05, 0) is 43.3 Å². The van der Waals surface area contributed by atoms with E-state index in [1.807, 2.05) is 54.6 Å². The first-order valence-electron chi connectivity index (χ1n) is 12.0. The number of fused-ring (bicyclic) bond motifs is 1. The van der Waals surface area contributed by atoms with Gasteiger partial charge in [0.05, 0.1) is 36.7 Å². The van der Waals surface area contributed by atoms with E-state index < -0.39 is 0 Å². The molecule has 0 saturated carbocycles. The number of aliphatic imine (C=N–C) groups is 1. The molecule has 0 amide bonds. The van der Waals surface area contributed by atoms with E-state index in [2.05, 4.69) is 35.9 Å². The second kappa shape index (κ2) is 11.1. The van der Waals surface area contributed by atoms with Crippen molar-refractivity contribution in [2.24, 2.45) is 4.99 Å². The third-order valence-electron chi connectivity index (χ3n) is 6.14. The molecule has 1 aromatic heterocycles. The molecule has 0 fully saturated rings. The lowest BCUT2D eigenvalue weighted by Gasteiger charge is -2.19. The fourth-order valence-corrected chi connectivity index (χ4v) is 4.34. The minimum absolute atomic E-state index is 0.0488. The van der Waals surface area contributed by atoms with Crippen molar-refractivity contribution in [3.05, 3.63) is 83.4 Å². The zero-order valence-electron chi connectivity index (χ0n) is 20.8. The van der Waals surface area contributed by atoms with Crippen LogP contribution in [0.25, 0.3) is 10.9 Å². The fraction of sp³-hybridized carbons (Fsp3) is 0.276. The smallest absolute Gasteiger partial charge is 0.199 e. The Balaban J connectivity index is 1.80. The summed E-state index contributed by atoms with van der Waals surface area (Å²) in [7, 11) is 3.19. The maximum Gasteiger partial charge on any atom is 0.199 e. The third-order valence-corrected chi connectivity index (χ3v) is 6.14. The van der Waals surface area contributed by atoms with E-state index >= 15 is 0 Å². The van der Waals surface area contributed by atoms with Crippen LogP contribution >= 0.6 is 0 Å². The minimum Gasteiger partial charge on any atom is -0.494 e. The molecular formula is C29H33N3O3. The molecule has 4 aromatic rings. The lowest BCUT2D eigenvalue weighted by Crippen LogP contribution is -2.23. The summed E-state index contributed by atoms with van der Waals surface area (Å²) in [5.74, 6) is 1.23. The number of nitrogens with one attached hydrogen (secondary N) is 1. The van der Waals surface area contributed by atoms with E-state index in [9.17, 15) is 5.11 Å². The van der Waals surface area contributed by atoms with E-state index in [-0.39, 0.29) is 5.88 Å². The Morgan fingerprint density at radius 1 is 0.943 bits per heavy atom. The van der Waals surface area contributed by atoms with Crippen molar-refractivity contribution in [3.63, 3.8) is 0 Å². The largest absolute Gasteiger partial charge is 0.494 e. The number of aromatic amines is 1. The van der Waals surface area contributed by atoms with Gasteiger partial charge in [0.15, 0.2) is 17.4 Å². The molecule has 0 aliphatic heterocycles. The van der Waals surface area contributed by atoms with Crippen LogP contribution in [0.4, 0.5) is 5.69 Å². The summed E-state index contributed by atoms with van der Waals surface area (Å²) in [4.78, 5) is 10.5. The van der Waals surface area contributed by atoms with Gasteiger partial charge in [0.2, 0.25) is 0 Å². The molecular weight excluding hydrogens is 438 g/mol. The standard InChI is InChI=1S/C29H33N3O3/c1-5-16-32(6-2)19-20-12-14-22(15-13-20)30-28(21-10-8-7-9-11-21)27-23-17-25(34-3)26(35-4)18-24(23)31-29(27)33/h7-15,17-18,31,33H,5-6,16,19H2,1-4H3. The van der Waals surface area contributed by atoms with Crippen molar-refractivity contribution < 1.29 is 14.6 Å². The Bertz CT molecular complexity index is 1290. The van der Waals surface area contributed by atoms with Crippen LogP contribution in [-0.4, -0.2) is 48.0 Å². The Morgan fingerprint density at radius 3 is 2.26 bits per heavy atom. The molecule has 0 spiro atoms. The molecule has 1 heterocycles. The molecule has 35 heavy (non-hydrogen) atoms. The number of methoxy groups -OCH3 is 2. The second-order valence-corrected chi connectivity index (χ2v) is 8.46. The normalized spacial score (nSPS) is 11.9. The zero-order chi connectivity index (χ0) is 24.8. The van der Waals surface area contributed by atoms with Gasteiger partial charge >= 0.3 is 0 Å². The van der Waals surface area contributed by atoms with Gasteiger partial charge in [-0.3, -0.25) is 4.90 Å². The van der Waals surface area contributed by atoms with Gasteiger partial charge < -0.3 is 19.6 Å². The highest BCUT2D eigenvalue weighted by molar-refractivity contribution is 6.22. The average molecular weight is 472 g/mol. The Kier molecular flexibility index (Phi) is 7.73. The van der Waals surface area contributed by atoms with Gasteiger partial charge in [-0.1, -0.05) is 56.3 Å². The second-order valence-electron chi connectivity index (χ2n) is 8.46. The summed E-state index contributed by atoms with van der Waals surface area (Å²) in [5.41, 5.74) is 5.02. The first-order valence-corrected chi connectivity index (χ1v) is 12.0. The molecule has 2 N–H and O–H groups in total. The first kappa shape index (κ1) is 24.4. The molecule has 0 radical (unpaired) electrons. The van der Waals surface area contributed by atoms with Crippen LogP contribution in [0.5, 0.6) is 17.4 Å². The number of rotatable bonds is 10. The van der Waals surface area contributed by atoms with Crippen LogP contribution in [0.1, 0.15) is 37.0 Å². The summed E-state index contributed by atoms with van der Waals surface area (Å²) >= 11 is 0. The predicted molar refractivity (Wildman–Crippen MR) is 142 cm³/mol. The van der Waals surface area contributed by atoms with Crippen molar-refractivity contribution in [1.29, 1.82) is 0 Å². The maximum absolute atomic E-state index is 11.0. The highest BCUT2D eigenvalue weighted by Crippen LogP contribution is 2.38. The summed E-state index contributed by atoms with van der Waals surface area (Å²) in [6, 6.07) is 21.9. The van der Waals surface area contributed by atoms with Crippen LogP contribution in [0.3, 0.4) is 0 Å². The Morgan fingerprint density at radius 2 is 1.63 bits per heavy atom. The molecule has 0 aliphatic carbocycles. The number of benzene rings is 3. The average Bonchev–Trinajstić information content (AvgIpc) is 3.21. The van der Waals surface area contributed by atoms with Gasteiger partial charge in [-0.2, -0.15) is 0 Å². The maximum atomic E-state index is 11.0. The highest BCUT2D eigenvalue weighted by atomic mass is 16.5. The van der Waals surface area contributed by atoms with Crippen LogP contribution < -0.4 is 9.47 Å². The molecule has 182 valence electrons. The molecule has 4 rings (SSSR count). The molecule has 0 saturated heterocycles. The summed E-state index contributed by atoms with van der Waals surface area (Å²) in [6.45, 7) is 7.43. The van der Waals surface area contributed by atoms with Crippen molar-refractivity contribution >= 4 is 22.3 Å². The Hall–Kier alpha value is -3.77. The number of ether oxygens (including phenoxy) is 2. The Labute approximate surface area is 206 Å². The van der Waals surface area contributed by atoms with E-state index in [1.165, 1.54) is 5.56 Å². The van der Waals surface area contributed by atoms with Crippen molar-refractivity contribution in [2.45, 2.75) is 26.8 Å². The minimum atomic E-state index is 0.0488. The first-order chi connectivity index (χ1) is 17.1. The van der Waals surface area contributed by atoms with E-state index in [0.717, 1.165) is 48.2 Å². The van der Waals surface area contributed by atoms with E-state index in [4.69, 9.17) is 14.5 Å². The lowest BCUT2D eigenvalue weighted by molar-refractivity contribution is 0.280. The molecule has 0 bridgehead atoms. The van der Waals surface area contributed by atoms with Gasteiger partial charge in [0, 0.05) is 23.6 Å². The number of hydrogen-bond acceptors (Lipinski definition) is 5. The topological polar surface area (TPSA) is 70.1 Å². The highest BCUT2D eigenvalue weighted by Gasteiger charge is 2.21. The summed E-state index contributed by atoms with van der Waals surface area (Å²) in [5, 5.41) is 11.8. The van der Waals surface area contributed by atoms with Gasteiger partial charge in [0.1, 0.15) is 0 Å². The molecule has 6 heteroatoms. The van der Waals surface area contributed by atoms with Crippen molar-refractivity contribution in [3.8, 4) is 17.4 Å². The number of aromatic nitrogens is 1. The number of nitrogens with zero attached hydrogens (tertiary/aromatic N) is 2. The third kappa shape index (κ3) is 5.33. The monoisotopic (exact) mass is 471 g/mol. The number of hydrogen-bond donors (Lipinski definition) is 2. The van der Waals surface area contributed by atoms with Crippen LogP contribution in [0.15, 0.2) is 71.7 Å². The predicted octanol–water partition coefficient (Wildman–Crippen LogP) is 6.29. The molecule has 0 aliphatic rings. The summed E-state index contributed by atoms with van der Waals surface area (Å²) < 4.78 is 11.0. The number of aromatic hydroxyl groups is 1. The molecule has 0 unspecified atom stereocenters. The van der Waals surface area contributed by atoms with Crippen LogP contribution in [0.2, 0.25) is 0 Å². The molecule has 0 atom stereocenters. The van der Waals surface area contributed by atoms with Gasteiger partial charge in [-0.25, -0.2) is 4.99 Å². The van der Waals surface area contributed by atoms with E-state index in [1.54, 1.807) is 14.2 Å². The van der Waals surface area contributed by atoms with Crippen LogP contribution in [0, 0.1) is 0 Å². The zero-order valence-corrected chi connectivity index (χ0v) is 20.8. The SMILES string of the molecule is CCCN(CC)Cc1ccc(N=C(c2ccccc2)c2c(O)[nH]c3cc(OC)c(OC)cc23)cc1. The van der Waals surface area contributed by atoms with Crippen molar-refractivity contribution in [2.75, 3.05) is 27.3 Å². The van der Waals surface area contributed by atoms with Crippen LogP contribution in [-0.2, 0) is 6.54 Å². The van der Waals surface area contributed by atoms with E-state index in [0.29, 0.717) is 22.8 Å². The molecule has 6 nitrogen and oxygen atoms in total. The van der Waals surface area contributed by atoms with Gasteiger partial charge in [-0.15, -0.1) is 0 Å². The number of H-pyrrole nitrogens is 1. The summed E-state index contributed by atoms with van der Waals surface area (Å²) in [6.07, 6.45) is 1.14. The molecule has 3 aromatic carbocycles. The van der Waals surface area contributed by atoms with Gasteiger partial charge in [0.25, 0.3) is 0 Å².